The predicted molar refractivity (Wildman–Crippen MR) is 137 cm³/mol. The summed E-state index contributed by atoms with van der Waals surface area (Å²) in [5.41, 5.74) is 0.870. The van der Waals surface area contributed by atoms with Gasteiger partial charge in [-0.15, -0.1) is 0 Å². The second kappa shape index (κ2) is 10.4. The Morgan fingerprint density at radius 3 is 2.64 bits per heavy atom. The van der Waals surface area contributed by atoms with E-state index in [2.05, 4.69) is 25.5 Å². The van der Waals surface area contributed by atoms with E-state index in [0.717, 1.165) is 38.8 Å². The summed E-state index contributed by atoms with van der Waals surface area (Å²) in [7, 11) is 3.29. The van der Waals surface area contributed by atoms with Crippen molar-refractivity contribution < 1.29 is 18.7 Å². The lowest BCUT2D eigenvalue weighted by Gasteiger charge is -2.45. The minimum absolute atomic E-state index is 0.0297. The van der Waals surface area contributed by atoms with Gasteiger partial charge in [-0.05, 0) is 43.9 Å². The van der Waals surface area contributed by atoms with Gasteiger partial charge in [-0.1, -0.05) is 17.7 Å². The number of fused-ring (bicyclic) bond motifs is 1. The minimum Gasteiger partial charge on any atom is -0.493 e. The number of methoxy groups -OCH3 is 1. The van der Waals surface area contributed by atoms with Crippen LogP contribution in [0.1, 0.15) is 25.7 Å². The fourth-order valence-electron chi connectivity index (χ4n) is 5.03. The zero-order valence-corrected chi connectivity index (χ0v) is 21.0. The van der Waals surface area contributed by atoms with Gasteiger partial charge in [-0.3, -0.25) is 9.69 Å². The number of anilines is 2. The van der Waals surface area contributed by atoms with E-state index in [1.54, 1.807) is 32.4 Å². The monoisotopic (exact) mass is 513 g/mol. The van der Waals surface area contributed by atoms with Crippen LogP contribution in [0.3, 0.4) is 0 Å². The molecule has 190 valence electrons. The van der Waals surface area contributed by atoms with Gasteiger partial charge in [0.2, 0.25) is 5.91 Å². The maximum absolute atomic E-state index is 14.5. The van der Waals surface area contributed by atoms with Crippen LogP contribution in [-0.2, 0) is 4.79 Å². The van der Waals surface area contributed by atoms with Crippen LogP contribution >= 0.6 is 11.6 Å². The maximum Gasteiger partial charge on any atom is 0.225 e. The van der Waals surface area contributed by atoms with Crippen LogP contribution in [0.25, 0.3) is 10.9 Å². The van der Waals surface area contributed by atoms with Crippen molar-refractivity contribution in [2.45, 2.75) is 37.8 Å². The summed E-state index contributed by atoms with van der Waals surface area (Å²) in [6.07, 6.45) is 5.33. The quantitative estimate of drug-likeness (QED) is 0.479. The Morgan fingerprint density at radius 2 is 1.92 bits per heavy atom. The molecule has 2 aliphatic rings. The fraction of sp³-hybridized carbons (Fsp3) is 0.423. The van der Waals surface area contributed by atoms with Crippen LogP contribution in [0, 0.1) is 11.7 Å². The molecular weight excluding hydrogens is 485 g/mol. The van der Waals surface area contributed by atoms with Gasteiger partial charge in [0.15, 0.2) is 17.3 Å². The first-order valence-electron chi connectivity index (χ1n) is 12.1. The number of nitrogens with zero attached hydrogens (tertiary/aromatic N) is 3. The van der Waals surface area contributed by atoms with Gasteiger partial charge in [-0.2, -0.15) is 0 Å². The molecule has 1 saturated heterocycles. The molecule has 8 nitrogen and oxygen atoms in total. The SMILES string of the molecule is CNC(=O)C1CN([C@H]2CC[C@@H](Oc3cc4c(Nc5cccc(Cl)c5F)ncnc4cc3OC)CC2)C1. The molecule has 2 N–H and O–H groups in total. The number of likely N-dealkylation sites (tertiary alicyclic amines) is 1. The molecule has 0 atom stereocenters. The van der Waals surface area contributed by atoms with Gasteiger partial charge in [0.05, 0.1) is 35.4 Å². The zero-order valence-electron chi connectivity index (χ0n) is 20.3. The summed E-state index contributed by atoms with van der Waals surface area (Å²) in [5.74, 6) is 1.32. The number of aromatic nitrogens is 2. The standard InChI is InChI=1S/C26H29ClFN5O3/c1-29-26(34)15-12-33(13-15)16-6-8-17(9-7-16)36-23-10-18-21(11-22(23)35-2)30-14-31-25(18)32-20-5-3-4-19(27)24(20)28/h3-5,10-11,14-17H,6-9,12-13H2,1-2H3,(H,29,34)(H,30,31,32)/t16-,17+. The minimum atomic E-state index is -0.545. The Hall–Kier alpha value is -3.17. The van der Waals surface area contributed by atoms with Gasteiger partial charge in [0, 0.05) is 37.6 Å². The Labute approximate surface area is 214 Å². The number of hydrogen-bond donors (Lipinski definition) is 2. The molecule has 1 aromatic heterocycles. The summed E-state index contributed by atoms with van der Waals surface area (Å²) in [6.45, 7) is 1.66. The zero-order chi connectivity index (χ0) is 25.2. The summed E-state index contributed by atoms with van der Waals surface area (Å²) in [4.78, 5) is 22.9. The van der Waals surface area contributed by atoms with Crippen LogP contribution in [-0.4, -0.2) is 60.2 Å². The average molecular weight is 514 g/mol. The normalized spacial score (nSPS) is 20.6. The predicted octanol–water partition coefficient (Wildman–Crippen LogP) is 4.54. The third-order valence-electron chi connectivity index (χ3n) is 7.11. The molecule has 5 rings (SSSR count). The van der Waals surface area contributed by atoms with Crippen LogP contribution in [0.5, 0.6) is 11.5 Å². The maximum atomic E-state index is 14.5. The summed E-state index contributed by atoms with van der Waals surface area (Å²) in [6, 6.07) is 8.90. The fourth-order valence-corrected chi connectivity index (χ4v) is 5.21. The van der Waals surface area contributed by atoms with Gasteiger partial charge < -0.3 is 20.1 Å². The van der Waals surface area contributed by atoms with E-state index in [0.29, 0.717) is 34.3 Å². The van der Waals surface area contributed by atoms with E-state index in [-0.39, 0.29) is 28.6 Å². The molecule has 3 aromatic rings. The van der Waals surface area contributed by atoms with E-state index >= 15 is 0 Å². The van der Waals surface area contributed by atoms with Crippen molar-refractivity contribution in [2.24, 2.45) is 5.92 Å². The van der Waals surface area contributed by atoms with Gasteiger partial charge >= 0.3 is 0 Å². The van der Waals surface area contributed by atoms with Crippen molar-refractivity contribution in [3.8, 4) is 11.5 Å². The topological polar surface area (TPSA) is 88.6 Å². The van der Waals surface area contributed by atoms with Crippen molar-refractivity contribution in [2.75, 3.05) is 32.6 Å². The molecule has 0 radical (unpaired) electrons. The highest BCUT2D eigenvalue weighted by molar-refractivity contribution is 6.31. The van der Waals surface area contributed by atoms with Gasteiger partial charge in [0.1, 0.15) is 12.1 Å². The highest BCUT2D eigenvalue weighted by Gasteiger charge is 2.38. The van der Waals surface area contributed by atoms with Gasteiger partial charge in [-0.25, -0.2) is 14.4 Å². The van der Waals surface area contributed by atoms with E-state index in [1.165, 1.54) is 12.4 Å². The smallest absolute Gasteiger partial charge is 0.225 e. The number of carbonyl (C=O) groups is 1. The number of halogens is 2. The lowest BCUT2D eigenvalue weighted by Crippen LogP contribution is -2.57. The third kappa shape index (κ3) is 4.90. The van der Waals surface area contributed by atoms with Crippen LogP contribution in [0.4, 0.5) is 15.9 Å². The average Bonchev–Trinajstić information content (AvgIpc) is 2.86. The largest absolute Gasteiger partial charge is 0.493 e. The molecule has 1 aliphatic heterocycles. The Balaban J connectivity index is 1.30. The lowest BCUT2D eigenvalue weighted by atomic mass is 9.87. The second-order valence-corrected chi connectivity index (χ2v) is 9.69. The number of amides is 1. The number of rotatable bonds is 7. The highest BCUT2D eigenvalue weighted by atomic mass is 35.5. The molecule has 10 heteroatoms. The molecule has 1 amide bonds. The van der Waals surface area contributed by atoms with Crippen molar-refractivity contribution >= 4 is 39.9 Å². The Morgan fingerprint density at radius 1 is 1.14 bits per heavy atom. The first kappa shape index (κ1) is 24.5. The van der Waals surface area contributed by atoms with Crippen LogP contribution in [0.2, 0.25) is 5.02 Å². The molecule has 0 unspecified atom stereocenters. The van der Waals surface area contributed by atoms with Crippen molar-refractivity contribution in [3.05, 3.63) is 47.5 Å². The number of carbonyl (C=O) groups excluding carboxylic acids is 1. The van der Waals surface area contributed by atoms with E-state index < -0.39 is 5.82 Å². The molecular formula is C26H29ClFN5O3. The Bertz CT molecular complexity index is 1260. The van der Waals surface area contributed by atoms with E-state index in [1.807, 2.05) is 6.07 Å². The molecule has 0 bridgehead atoms. The number of nitrogens with one attached hydrogen (secondary N) is 2. The molecule has 1 saturated carbocycles. The van der Waals surface area contributed by atoms with Crippen LogP contribution < -0.4 is 20.1 Å². The van der Waals surface area contributed by atoms with Crippen LogP contribution in [0.15, 0.2) is 36.7 Å². The molecule has 2 fully saturated rings. The van der Waals surface area contributed by atoms with Crippen molar-refractivity contribution in [3.63, 3.8) is 0 Å². The van der Waals surface area contributed by atoms with Crippen molar-refractivity contribution in [1.82, 2.24) is 20.2 Å². The van der Waals surface area contributed by atoms with Gasteiger partial charge in [0.25, 0.3) is 0 Å². The molecule has 36 heavy (non-hydrogen) atoms. The first-order valence-corrected chi connectivity index (χ1v) is 12.5. The molecule has 2 heterocycles. The van der Waals surface area contributed by atoms with Crippen molar-refractivity contribution in [1.29, 1.82) is 0 Å². The number of benzene rings is 2. The number of ether oxygens (including phenoxy) is 2. The summed E-state index contributed by atoms with van der Waals surface area (Å²) >= 11 is 5.94. The summed E-state index contributed by atoms with van der Waals surface area (Å²) < 4.78 is 26.5. The van der Waals surface area contributed by atoms with E-state index in [9.17, 15) is 9.18 Å². The third-order valence-corrected chi connectivity index (χ3v) is 7.40. The highest BCUT2D eigenvalue weighted by Crippen LogP contribution is 2.38. The molecule has 2 aromatic carbocycles. The second-order valence-electron chi connectivity index (χ2n) is 9.28. The number of hydrogen-bond acceptors (Lipinski definition) is 7. The van der Waals surface area contributed by atoms with E-state index in [4.69, 9.17) is 21.1 Å². The first-order chi connectivity index (χ1) is 17.5. The Kier molecular flexibility index (Phi) is 7.11. The lowest BCUT2D eigenvalue weighted by molar-refractivity contribution is -0.131. The molecule has 0 spiro atoms. The summed E-state index contributed by atoms with van der Waals surface area (Å²) in [5, 5.41) is 6.48. The molecule has 1 aliphatic carbocycles.